The van der Waals surface area contributed by atoms with Crippen LogP contribution in [0.25, 0.3) is 0 Å². The van der Waals surface area contributed by atoms with Crippen LogP contribution in [0.4, 0.5) is 0 Å². The molecule has 0 heterocycles. The fourth-order valence-corrected chi connectivity index (χ4v) is 2.78. The van der Waals surface area contributed by atoms with Gasteiger partial charge in [0.25, 0.3) is 0 Å². The van der Waals surface area contributed by atoms with Crippen molar-refractivity contribution in [2.45, 2.75) is 46.3 Å². The van der Waals surface area contributed by atoms with Crippen LogP contribution in [0.5, 0.6) is 0 Å². The maximum Gasteiger partial charge on any atom is 0.208 e. The second kappa shape index (κ2) is 6.52. The molecular weight excluding hydrogens is 264 g/mol. The Bertz CT molecular complexity index is 379. The molecule has 1 rings (SSSR count). The molecule has 0 bridgehead atoms. The molecule has 1 saturated carbocycles. The molecule has 0 aromatic carbocycles. The molecule has 114 valence electrons. The topological polar surface area (TPSA) is 67.4 Å². The average molecular weight is 292 g/mol. The first-order chi connectivity index (χ1) is 8.63. The van der Waals surface area contributed by atoms with Crippen molar-refractivity contribution in [3.63, 3.8) is 0 Å². The molecule has 1 aliphatic rings. The van der Waals surface area contributed by atoms with Crippen molar-refractivity contribution >= 4 is 10.0 Å². The van der Waals surface area contributed by atoms with Gasteiger partial charge in [-0.15, -0.1) is 0 Å². The Kier molecular flexibility index (Phi) is 5.79. The molecule has 1 aliphatic carbocycles. The summed E-state index contributed by atoms with van der Waals surface area (Å²) in [5.74, 6) is 0.557. The van der Waals surface area contributed by atoms with Crippen LogP contribution >= 0.6 is 0 Å². The van der Waals surface area contributed by atoms with E-state index in [2.05, 4.69) is 37.7 Å². The first-order valence-corrected chi connectivity index (χ1v) is 8.81. The standard InChI is InChI=1S/C13H28N2O3S/c1-10(2)9-18-12-8-11(13(12,3)4)14-6-7-15-19(5,16)17/h10-12,14-15H,6-9H2,1-5H3. The summed E-state index contributed by atoms with van der Waals surface area (Å²) >= 11 is 0. The van der Waals surface area contributed by atoms with E-state index in [4.69, 9.17) is 4.74 Å². The Balaban J connectivity index is 2.23. The van der Waals surface area contributed by atoms with Crippen LogP contribution in [-0.2, 0) is 14.8 Å². The van der Waals surface area contributed by atoms with E-state index in [9.17, 15) is 8.42 Å². The van der Waals surface area contributed by atoms with Crippen LogP contribution in [0.2, 0.25) is 0 Å². The zero-order valence-corrected chi connectivity index (χ0v) is 13.5. The minimum atomic E-state index is -3.08. The molecule has 0 saturated heterocycles. The van der Waals surface area contributed by atoms with Crippen molar-refractivity contribution in [2.24, 2.45) is 11.3 Å². The van der Waals surface area contributed by atoms with Gasteiger partial charge in [0.15, 0.2) is 0 Å². The van der Waals surface area contributed by atoms with Crippen LogP contribution in [0, 0.1) is 11.3 Å². The first kappa shape index (κ1) is 16.9. The van der Waals surface area contributed by atoms with Gasteiger partial charge in [0.05, 0.1) is 12.4 Å². The number of sulfonamides is 1. The van der Waals surface area contributed by atoms with Crippen LogP contribution in [-0.4, -0.2) is 46.5 Å². The molecule has 0 radical (unpaired) electrons. The smallest absolute Gasteiger partial charge is 0.208 e. The van der Waals surface area contributed by atoms with E-state index in [0.717, 1.165) is 13.0 Å². The molecule has 2 N–H and O–H groups in total. The fraction of sp³-hybridized carbons (Fsp3) is 1.00. The highest BCUT2D eigenvalue weighted by atomic mass is 32.2. The summed E-state index contributed by atoms with van der Waals surface area (Å²) in [5, 5.41) is 3.39. The van der Waals surface area contributed by atoms with Gasteiger partial charge in [-0.2, -0.15) is 0 Å². The Morgan fingerprint density at radius 3 is 2.42 bits per heavy atom. The van der Waals surface area contributed by atoms with E-state index < -0.39 is 10.0 Å². The van der Waals surface area contributed by atoms with E-state index in [-0.39, 0.29) is 5.41 Å². The van der Waals surface area contributed by atoms with E-state index in [1.54, 1.807) is 0 Å². The number of hydrogen-bond acceptors (Lipinski definition) is 4. The van der Waals surface area contributed by atoms with Gasteiger partial charge in [0, 0.05) is 31.2 Å². The molecule has 2 unspecified atom stereocenters. The summed E-state index contributed by atoms with van der Waals surface area (Å²) in [7, 11) is -3.08. The summed E-state index contributed by atoms with van der Waals surface area (Å²) in [6, 6.07) is 0.394. The molecule has 1 fully saturated rings. The Morgan fingerprint density at radius 1 is 1.32 bits per heavy atom. The molecule has 0 aromatic rings. The maximum absolute atomic E-state index is 10.9. The maximum atomic E-state index is 10.9. The second-order valence-electron chi connectivity index (χ2n) is 6.45. The predicted octanol–water partition coefficient (Wildman–Crippen LogP) is 0.965. The lowest BCUT2D eigenvalue weighted by molar-refractivity contribution is -0.123. The Labute approximate surface area is 117 Å². The molecule has 5 nitrogen and oxygen atoms in total. The molecular formula is C13H28N2O3S. The van der Waals surface area contributed by atoms with Gasteiger partial charge in [0.2, 0.25) is 10.0 Å². The van der Waals surface area contributed by atoms with Crippen LogP contribution in [0.3, 0.4) is 0 Å². The van der Waals surface area contributed by atoms with Crippen molar-refractivity contribution in [1.29, 1.82) is 0 Å². The fourth-order valence-electron chi connectivity index (χ4n) is 2.31. The van der Waals surface area contributed by atoms with Gasteiger partial charge in [-0.3, -0.25) is 0 Å². The van der Waals surface area contributed by atoms with Crippen LogP contribution < -0.4 is 10.0 Å². The largest absolute Gasteiger partial charge is 0.377 e. The van der Waals surface area contributed by atoms with E-state index in [1.165, 1.54) is 6.26 Å². The Hall–Kier alpha value is -0.170. The van der Waals surface area contributed by atoms with Gasteiger partial charge in [0.1, 0.15) is 0 Å². The molecule has 2 atom stereocenters. The van der Waals surface area contributed by atoms with Gasteiger partial charge < -0.3 is 10.1 Å². The van der Waals surface area contributed by atoms with Crippen molar-refractivity contribution in [3.05, 3.63) is 0 Å². The average Bonchev–Trinajstić information content (AvgIpc) is 2.24. The lowest BCUT2D eigenvalue weighted by Crippen LogP contribution is -2.61. The van der Waals surface area contributed by atoms with E-state index in [0.29, 0.717) is 31.2 Å². The number of ether oxygens (including phenoxy) is 1. The summed E-state index contributed by atoms with van der Waals surface area (Å²) in [6.07, 6.45) is 2.48. The highest BCUT2D eigenvalue weighted by molar-refractivity contribution is 7.88. The summed E-state index contributed by atoms with van der Waals surface area (Å²) in [6.45, 7) is 10.6. The highest BCUT2D eigenvalue weighted by Crippen LogP contribution is 2.42. The third-order valence-corrected chi connectivity index (χ3v) is 4.42. The lowest BCUT2D eigenvalue weighted by atomic mass is 9.64. The normalized spacial score (nSPS) is 26.4. The first-order valence-electron chi connectivity index (χ1n) is 6.92. The van der Waals surface area contributed by atoms with Crippen LogP contribution in [0.15, 0.2) is 0 Å². The minimum absolute atomic E-state index is 0.111. The van der Waals surface area contributed by atoms with Gasteiger partial charge in [-0.25, -0.2) is 13.1 Å². The van der Waals surface area contributed by atoms with Crippen molar-refractivity contribution in [3.8, 4) is 0 Å². The zero-order valence-electron chi connectivity index (χ0n) is 12.7. The van der Waals surface area contributed by atoms with Gasteiger partial charge >= 0.3 is 0 Å². The second-order valence-corrected chi connectivity index (χ2v) is 8.28. The molecule has 0 aromatic heterocycles. The number of nitrogens with one attached hydrogen (secondary N) is 2. The van der Waals surface area contributed by atoms with Crippen molar-refractivity contribution in [2.75, 3.05) is 26.0 Å². The molecule has 0 aliphatic heterocycles. The van der Waals surface area contributed by atoms with E-state index >= 15 is 0 Å². The molecule has 0 amide bonds. The van der Waals surface area contributed by atoms with Crippen LogP contribution in [0.1, 0.15) is 34.1 Å². The quantitative estimate of drug-likeness (QED) is 0.654. The summed E-state index contributed by atoms with van der Waals surface area (Å²) in [4.78, 5) is 0. The molecule has 6 heteroatoms. The van der Waals surface area contributed by atoms with Gasteiger partial charge in [-0.05, 0) is 12.3 Å². The van der Waals surface area contributed by atoms with Crippen molar-refractivity contribution < 1.29 is 13.2 Å². The third-order valence-electron chi connectivity index (χ3n) is 3.69. The molecule has 19 heavy (non-hydrogen) atoms. The number of rotatable bonds is 8. The monoisotopic (exact) mass is 292 g/mol. The predicted molar refractivity (Wildman–Crippen MR) is 77.6 cm³/mol. The zero-order chi connectivity index (χ0) is 14.7. The highest BCUT2D eigenvalue weighted by Gasteiger charge is 2.48. The van der Waals surface area contributed by atoms with Crippen molar-refractivity contribution in [1.82, 2.24) is 10.0 Å². The third kappa shape index (κ3) is 5.38. The SMILES string of the molecule is CC(C)COC1CC(NCCNS(C)(=O)=O)C1(C)C. The minimum Gasteiger partial charge on any atom is -0.377 e. The van der Waals surface area contributed by atoms with E-state index in [1.807, 2.05) is 0 Å². The number of hydrogen-bond donors (Lipinski definition) is 2. The summed E-state index contributed by atoms with van der Waals surface area (Å²) in [5.41, 5.74) is 0.111. The Morgan fingerprint density at radius 2 is 1.95 bits per heavy atom. The molecule has 0 spiro atoms. The lowest BCUT2D eigenvalue weighted by Gasteiger charge is -2.52. The summed E-state index contributed by atoms with van der Waals surface area (Å²) < 4.78 is 30.2. The van der Waals surface area contributed by atoms with Gasteiger partial charge in [-0.1, -0.05) is 27.7 Å².